The summed E-state index contributed by atoms with van der Waals surface area (Å²) in [4.78, 5) is 0.342. The maximum absolute atomic E-state index is 12.4. The van der Waals surface area contributed by atoms with Gasteiger partial charge in [-0.2, -0.15) is 0 Å². The zero-order valence-corrected chi connectivity index (χ0v) is 14.8. The van der Waals surface area contributed by atoms with Crippen LogP contribution in [0.25, 0.3) is 0 Å². The Hall–Kier alpha value is -0.850. The van der Waals surface area contributed by atoms with E-state index in [2.05, 4.69) is 37.7 Å². The molecule has 0 fully saturated rings. The van der Waals surface area contributed by atoms with Crippen molar-refractivity contribution in [1.82, 2.24) is 14.6 Å². The third-order valence-electron chi connectivity index (χ3n) is 4.25. The maximum atomic E-state index is 12.4. The number of nitrogens with zero attached hydrogens (tertiary/aromatic N) is 1. The smallest absolute Gasteiger partial charge is 0.242 e. The van der Waals surface area contributed by atoms with Crippen molar-refractivity contribution in [1.29, 1.82) is 0 Å². The van der Waals surface area contributed by atoms with Crippen molar-refractivity contribution < 1.29 is 8.42 Å². The first-order valence-electron chi connectivity index (χ1n) is 7.47. The van der Waals surface area contributed by atoms with Gasteiger partial charge in [-0.05, 0) is 31.4 Å². The van der Waals surface area contributed by atoms with E-state index >= 15 is 0 Å². The molecule has 1 heterocycles. The van der Waals surface area contributed by atoms with E-state index in [1.54, 1.807) is 12.3 Å². The summed E-state index contributed by atoms with van der Waals surface area (Å²) in [7, 11) is -1.60. The fraction of sp³-hybridized carbons (Fsp3) is 0.733. The molecule has 0 unspecified atom stereocenters. The first-order chi connectivity index (χ1) is 9.64. The first kappa shape index (κ1) is 18.2. The molecule has 21 heavy (non-hydrogen) atoms. The molecular weight excluding hydrogens is 286 g/mol. The predicted molar refractivity (Wildman–Crippen MR) is 86.7 cm³/mol. The van der Waals surface area contributed by atoms with Crippen molar-refractivity contribution in [3.63, 3.8) is 0 Å². The highest BCUT2D eigenvalue weighted by Gasteiger charge is 2.26. The molecule has 0 aliphatic carbocycles. The van der Waals surface area contributed by atoms with E-state index < -0.39 is 10.0 Å². The second kappa shape index (κ2) is 6.94. The van der Waals surface area contributed by atoms with E-state index in [0.717, 1.165) is 12.2 Å². The fourth-order valence-electron chi connectivity index (χ4n) is 1.86. The predicted octanol–water partition coefficient (Wildman–Crippen LogP) is 2.19. The van der Waals surface area contributed by atoms with Crippen LogP contribution >= 0.6 is 0 Å². The molecule has 5 nitrogen and oxygen atoms in total. The van der Waals surface area contributed by atoms with Crippen LogP contribution in [0.1, 0.15) is 40.3 Å². The molecule has 0 spiro atoms. The summed E-state index contributed by atoms with van der Waals surface area (Å²) in [6.07, 6.45) is 1.71. The quantitative estimate of drug-likeness (QED) is 0.773. The second-order valence-electron chi connectivity index (χ2n) is 6.45. The Bertz CT molecular complexity index is 559. The lowest BCUT2D eigenvalue weighted by molar-refractivity contribution is 0.252. The summed E-state index contributed by atoms with van der Waals surface area (Å²) >= 11 is 0. The Morgan fingerprint density at radius 3 is 2.43 bits per heavy atom. The lowest BCUT2D eigenvalue weighted by atomic mass is 9.81. The van der Waals surface area contributed by atoms with Crippen LogP contribution in [0.15, 0.2) is 17.2 Å². The largest absolute Gasteiger partial charge is 0.349 e. The number of nitrogens with one attached hydrogen (secondary N) is 2. The van der Waals surface area contributed by atoms with Gasteiger partial charge < -0.3 is 9.88 Å². The normalized spacial score (nSPS) is 13.1. The van der Waals surface area contributed by atoms with E-state index in [4.69, 9.17) is 0 Å². The van der Waals surface area contributed by atoms with Crippen molar-refractivity contribution in [3.05, 3.63) is 18.0 Å². The maximum Gasteiger partial charge on any atom is 0.242 e. The van der Waals surface area contributed by atoms with Crippen molar-refractivity contribution in [2.45, 2.75) is 52.6 Å². The Kier molecular flexibility index (Phi) is 6.01. The molecule has 0 saturated carbocycles. The lowest BCUT2D eigenvalue weighted by Gasteiger charge is -2.29. The minimum absolute atomic E-state index is 0.0752. The number of hydrogen-bond donors (Lipinski definition) is 2. The van der Waals surface area contributed by atoms with Crippen molar-refractivity contribution in [2.75, 3.05) is 13.6 Å². The minimum atomic E-state index is -3.46. The number of hydrogen-bond acceptors (Lipinski definition) is 3. The van der Waals surface area contributed by atoms with Crippen LogP contribution in [0, 0.1) is 11.3 Å². The molecule has 6 heteroatoms. The van der Waals surface area contributed by atoms with Gasteiger partial charge in [0.25, 0.3) is 0 Å². The Labute approximate surface area is 129 Å². The zero-order chi connectivity index (χ0) is 16.3. The summed E-state index contributed by atoms with van der Waals surface area (Å²) in [5.74, 6) is 0.403. The van der Waals surface area contributed by atoms with Crippen molar-refractivity contribution in [3.8, 4) is 0 Å². The summed E-state index contributed by atoms with van der Waals surface area (Å²) in [5.41, 5.74) is 0.900. The Morgan fingerprint density at radius 1 is 1.33 bits per heavy atom. The van der Waals surface area contributed by atoms with E-state index in [0.29, 0.717) is 23.9 Å². The van der Waals surface area contributed by atoms with Crippen LogP contribution in [0.4, 0.5) is 0 Å². The Balaban J connectivity index is 2.93. The number of rotatable bonds is 8. The van der Waals surface area contributed by atoms with E-state index in [1.165, 1.54) is 0 Å². The van der Waals surface area contributed by atoms with Crippen LogP contribution in [0.5, 0.6) is 0 Å². The van der Waals surface area contributed by atoms with Crippen LogP contribution in [-0.2, 0) is 23.1 Å². The van der Waals surface area contributed by atoms with Gasteiger partial charge in [0.05, 0.1) is 4.90 Å². The molecule has 2 N–H and O–H groups in total. The molecule has 0 bridgehead atoms. The van der Waals surface area contributed by atoms with Gasteiger partial charge in [-0.3, -0.25) is 0 Å². The van der Waals surface area contributed by atoms with Gasteiger partial charge in [-0.1, -0.05) is 27.7 Å². The molecule has 0 aliphatic rings. The summed E-state index contributed by atoms with van der Waals surface area (Å²) in [6, 6.07) is 1.74. The lowest BCUT2D eigenvalue weighted by Crippen LogP contribution is -2.36. The van der Waals surface area contributed by atoms with E-state index in [-0.39, 0.29) is 5.41 Å². The SMILES string of the molecule is CCn1cc(S(=O)(=O)NCC(C)(C)C(C)C)cc1CNC. The third kappa shape index (κ3) is 4.56. The first-order valence-corrected chi connectivity index (χ1v) is 8.95. The zero-order valence-electron chi connectivity index (χ0n) is 14.0. The standard InChI is InChI=1S/C15H29N3O2S/c1-7-18-10-14(8-13(18)9-16-6)21(19,20)17-11-15(4,5)12(2)3/h8,10,12,16-17H,7,9,11H2,1-6H3. The third-order valence-corrected chi connectivity index (χ3v) is 5.62. The van der Waals surface area contributed by atoms with E-state index in [1.807, 2.05) is 18.5 Å². The van der Waals surface area contributed by atoms with Gasteiger partial charge in [0.1, 0.15) is 0 Å². The number of sulfonamides is 1. The van der Waals surface area contributed by atoms with Crippen molar-refractivity contribution in [2.24, 2.45) is 11.3 Å². The van der Waals surface area contributed by atoms with Gasteiger partial charge >= 0.3 is 0 Å². The van der Waals surface area contributed by atoms with Gasteiger partial charge in [0, 0.05) is 31.5 Å². The molecule has 122 valence electrons. The highest BCUT2D eigenvalue weighted by atomic mass is 32.2. The molecular formula is C15H29N3O2S. The molecule has 1 rings (SSSR count). The molecule has 1 aromatic heterocycles. The van der Waals surface area contributed by atoms with Crippen molar-refractivity contribution >= 4 is 10.0 Å². The highest BCUT2D eigenvalue weighted by Crippen LogP contribution is 2.25. The molecule has 0 aliphatic heterocycles. The molecule has 0 amide bonds. The topological polar surface area (TPSA) is 63.1 Å². The fourth-order valence-corrected chi connectivity index (χ4v) is 3.15. The van der Waals surface area contributed by atoms with Gasteiger partial charge in [-0.15, -0.1) is 0 Å². The molecule has 1 aromatic rings. The summed E-state index contributed by atoms with van der Waals surface area (Å²) in [5, 5.41) is 3.06. The highest BCUT2D eigenvalue weighted by molar-refractivity contribution is 7.89. The summed E-state index contributed by atoms with van der Waals surface area (Å²) < 4.78 is 29.6. The van der Waals surface area contributed by atoms with Gasteiger partial charge in [-0.25, -0.2) is 13.1 Å². The van der Waals surface area contributed by atoms with Crippen LogP contribution in [-0.4, -0.2) is 26.6 Å². The monoisotopic (exact) mass is 315 g/mol. The van der Waals surface area contributed by atoms with Crippen LogP contribution in [0.3, 0.4) is 0 Å². The minimum Gasteiger partial charge on any atom is -0.349 e. The molecule has 0 saturated heterocycles. The molecule has 0 atom stereocenters. The molecule has 0 aromatic carbocycles. The van der Waals surface area contributed by atoms with Gasteiger partial charge in [0.15, 0.2) is 0 Å². The van der Waals surface area contributed by atoms with Crippen LogP contribution < -0.4 is 10.0 Å². The van der Waals surface area contributed by atoms with Crippen LogP contribution in [0.2, 0.25) is 0 Å². The molecule has 0 radical (unpaired) electrons. The van der Waals surface area contributed by atoms with E-state index in [9.17, 15) is 8.42 Å². The second-order valence-corrected chi connectivity index (χ2v) is 8.22. The average Bonchev–Trinajstić information content (AvgIpc) is 2.81. The van der Waals surface area contributed by atoms with Gasteiger partial charge in [0.2, 0.25) is 10.0 Å². The Morgan fingerprint density at radius 2 is 1.95 bits per heavy atom. The summed E-state index contributed by atoms with van der Waals surface area (Å²) in [6.45, 7) is 12.2. The number of aryl methyl sites for hydroxylation is 1. The number of aromatic nitrogens is 1. The average molecular weight is 315 g/mol.